The predicted octanol–water partition coefficient (Wildman–Crippen LogP) is 2.88. The monoisotopic (exact) mass is 341 g/mol. The van der Waals surface area contributed by atoms with Crippen molar-refractivity contribution in [2.75, 3.05) is 0 Å². The van der Waals surface area contributed by atoms with Gasteiger partial charge >= 0.3 is 0 Å². The molecule has 0 spiro atoms. The van der Waals surface area contributed by atoms with E-state index >= 15 is 0 Å². The number of amides is 1. The first kappa shape index (κ1) is 16.3. The number of nitrogens with one attached hydrogen (secondary N) is 3. The lowest BCUT2D eigenvalue weighted by Crippen LogP contribution is -2.24. The number of aromatic nitrogens is 4. The van der Waals surface area contributed by atoms with Gasteiger partial charge in [0.1, 0.15) is 5.82 Å². The van der Waals surface area contributed by atoms with Gasteiger partial charge in [-0.2, -0.15) is 0 Å². The van der Waals surface area contributed by atoms with E-state index in [2.05, 4.69) is 25.3 Å². The quantitative estimate of drug-likeness (QED) is 0.623. The van der Waals surface area contributed by atoms with E-state index in [-0.39, 0.29) is 5.91 Å². The zero-order valence-electron chi connectivity index (χ0n) is 13.6. The van der Waals surface area contributed by atoms with Gasteiger partial charge < -0.3 is 15.3 Å². The summed E-state index contributed by atoms with van der Waals surface area (Å²) in [6.07, 6.45) is 1.02. The van der Waals surface area contributed by atoms with Crippen molar-refractivity contribution in [3.8, 4) is 0 Å². The third-order valence-corrected chi connectivity index (χ3v) is 4.14. The summed E-state index contributed by atoms with van der Waals surface area (Å²) in [6, 6.07) is 7.79. The maximum Gasteiger partial charge on any atom is 0.220 e. The fraction of sp³-hybridized carbons (Fsp3) is 0.294. The Kier molecular flexibility index (Phi) is 4.71. The average molecular weight is 341 g/mol. The third kappa shape index (κ3) is 3.68. The number of carbonyl (C=O) groups is 1. The molecule has 6 nitrogen and oxygen atoms in total. The van der Waals surface area contributed by atoms with Crippen LogP contribution in [0.3, 0.4) is 0 Å². The molecular weight excluding hydrogens is 322 g/mol. The summed E-state index contributed by atoms with van der Waals surface area (Å²) in [5.74, 6) is 0.735. The second-order valence-electron chi connectivity index (χ2n) is 5.71. The van der Waals surface area contributed by atoms with Gasteiger partial charge in [-0.15, -0.1) is 0 Å². The van der Waals surface area contributed by atoms with Gasteiger partial charge in [0.05, 0.1) is 17.6 Å². The number of carbonyl (C=O) groups excluding carboxylic acids is 1. The van der Waals surface area contributed by atoms with E-state index < -0.39 is 0 Å². The molecule has 0 aliphatic heterocycles. The molecule has 0 bridgehead atoms. The number of aryl methyl sites for hydroxylation is 2. The molecule has 0 atom stereocenters. The Morgan fingerprint density at radius 3 is 2.75 bits per heavy atom. The Balaban J connectivity index is 1.57. The molecule has 7 heteroatoms. The zero-order valence-corrected chi connectivity index (χ0v) is 14.5. The highest BCUT2D eigenvalue weighted by molar-refractivity contribution is 7.71. The molecule has 0 radical (unpaired) electrons. The Hall–Kier alpha value is -2.54. The van der Waals surface area contributed by atoms with E-state index in [1.54, 1.807) is 0 Å². The van der Waals surface area contributed by atoms with Crippen LogP contribution < -0.4 is 5.32 Å². The van der Waals surface area contributed by atoms with Crippen molar-refractivity contribution in [1.82, 2.24) is 25.3 Å². The first-order valence-corrected chi connectivity index (χ1v) is 8.20. The maximum atomic E-state index is 12.1. The molecule has 0 saturated heterocycles. The summed E-state index contributed by atoms with van der Waals surface area (Å²) in [5.41, 5.74) is 4.76. The Bertz CT molecular complexity index is 884. The van der Waals surface area contributed by atoms with E-state index in [0.717, 1.165) is 33.8 Å². The highest BCUT2D eigenvalue weighted by Crippen LogP contribution is 2.12. The van der Waals surface area contributed by atoms with Crippen LogP contribution in [0.15, 0.2) is 24.3 Å². The molecular formula is C17H19N5OS. The van der Waals surface area contributed by atoms with Crippen molar-refractivity contribution in [3.63, 3.8) is 0 Å². The standard InChI is InChI=1S/C17H19N5OS/c1-10-12(11(2)20-17(24)19-10)7-8-16(23)18-9-15-21-13-5-3-4-6-14(13)22-15/h3-6H,7-9H2,1-2H3,(H,18,23)(H,21,22)(H,19,20,24). The number of benzene rings is 1. The van der Waals surface area contributed by atoms with Crippen molar-refractivity contribution < 1.29 is 4.79 Å². The fourth-order valence-electron chi connectivity index (χ4n) is 2.72. The van der Waals surface area contributed by atoms with Crippen LogP contribution in [-0.2, 0) is 17.8 Å². The number of rotatable bonds is 5. The summed E-state index contributed by atoms with van der Waals surface area (Å²) < 4.78 is 0.475. The molecule has 24 heavy (non-hydrogen) atoms. The van der Waals surface area contributed by atoms with Crippen LogP contribution in [0, 0.1) is 18.6 Å². The first-order chi connectivity index (χ1) is 11.5. The van der Waals surface area contributed by atoms with Gasteiger partial charge in [-0.05, 0) is 50.2 Å². The number of nitrogens with zero attached hydrogens (tertiary/aromatic N) is 2. The molecule has 3 N–H and O–H groups in total. The van der Waals surface area contributed by atoms with Crippen LogP contribution >= 0.6 is 12.2 Å². The molecule has 1 amide bonds. The minimum atomic E-state index is -0.0169. The molecule has 2 heterocycles. The van der Waals surface area contributed by atoms with Crippen molar-refractivity contribution >= 4 is 29.2 Å². The highest BCUT2D eigenvalue weighted by Gasteiger charge is 2.09. The van der Waals surface area contributed by atoms with Gasteiger partial charge in [0.15, 0.2) is 4.77 Å². The van der Waals surface area contributed by atoms with E-state index in [4.69, 9.17) is 12.2 Å². The summed E-state index contributed by atoms with van der Waals surface area (Å²) in [4.78, 5) is 27.0. The number of aromatic amines is 2. The molecule has 124 valence electrons. The average Bonchev–Trinajstić information content (AvgIpc) is 2.94. The number of para-hydroxylation sites is 2. The lowest BCUT2D eigenvalue weighted by Gasteiger charge is -2.09. The van der Waals surface area contributed by atoms with Gasteiger partial charge in [-0.25, -0.2) is 9.97 Å². The fourth-order valence-corrected chi connectivity index (χ4v) is 3.01. The van der Waals surface area contributed by atoms with Gasteiger partial charge in [0.25, 0.3) is 0 Å². The summed E-state index contributed by atoms with van der Waals surface area (Å²) >= 11 is 5.05. The molecule has 2 aromatic heterocycles. The molecule has 0 saturated carbocycles. The minimum absolute atomic E-state index is 0.0169. The number of H-pyrrole nitrogens is 2. The smallest absolute Gasteiger partial charge is 0.220 e. The van der Waals surface area contributed by atoms with Crippen LogP contribution in [0.1, 0.15) is 29.2 Å². The van der Waals surface area contributed by atoms with Gasteiger partial charge in [-0.1, -0.05) is 12.1 Å². The van der Waals surface area contributed by atoms with Crippen LogP contribution in [0.25, 0.3) is 11.0 Å². The number of hydrogen-bond acceptors (Lipinski definition) is 4. The lowest BCUT2D eigenvalue weighted by atomic mass is 10.1. The summed E-state index contributed by atoms with van der Waals surface area (Å²) in [7, 11) is 0. The predicted molar refractivity (Wildman–Crippen MR) is 95.2 cm³/mol. The SMILES string of the molecule is Cc1nc(=S)[nH]c(C)c1CCC(=O)NCc1nc2ccccc2[nH]1. The van der Waals surface area contributed by atoms with E-state index in [0.29, 0.717) is 24.2 Å². The molecule has 3 rings (SSSR count). The number of imidazole rings is 1. The third-order valence-electron chi connectivity index (χ3n) is 3.95. The highest BCUT2D eigenvalue weighted by atomic mass is 32.1. The zero-order chi connectivity index (χ0) is 17.1. The van der Waals surface area contributed by atoms with Crippen molar-refractivity contribution in [3.05, 3.63) is 51.8 Å². The van der Waals surface area contributed by atoms with E-state index in [1.165, 1.54) is 0 Å². The molecule has 0 aliphatic rings. The van der Waals surface area contributed by atoms with E-state index in [1.807, 2.05) is 38.1 Å². The second kappa shape index (κ2) is 6.92. The molecule has 3 aromatic rings. The van der Waals surface area contributed by atoms with Crippen molar-refractivity contribution in [1.29, 1.82) is 0 Å². The molecule has 0 fully saturated rings. The largest absolute Gasteiger partial charge is 0.349 e. The van der Waals surface area contributed by atoms with Crippen molar-refractivity contribution in [2.24, 2.45) is 0 Å². The number of hydrogen-bond donors (Lipinski definition) is 3. The van der Waals surface area contributed by atoms with Crippen LogP contribution in [0.2, 0.25) is 0 Å². The molecule has 1 aromatic carbocycles. The van der Waals surface area contributed by atoms with Crippen molar-refractivity contribution in [2.45, 2.75) is 33.2 Å². The van der Waals surface area contributed by atoms with Gasteiger partial charge in [0.2, 0.25) is 5.91 Å². The molecule has 0 aliphatic carbocycles. The summed E-state index contributed by atoms with van der Waals surface area (Å²) in [6.45, 7) is 4.26. The first-order valence-electron chi connectivity index (χ1n) is 7.79. The Labute approximate surface area is 144 Å². The topological polar surface area (TPSA) is 86.5 Å². The van der Waals surface area contributed by atoms with Gasteiger partial charge in [0, 0.05) is 17.8 Å². The van der Waals surface area contributed by atoms with E-state index in [9.17, 15) is 4.79 Å². The van der Waals surface area contributed by atoms with Crippen LogP contribution in [0.5, 0.6) is 0 Å². The maximum absolute atomic E-state index is 12.1. The minimum Gasteiger partial charge on any atom is -0.349 e. The lowest BCUT2D eigenvalue weighted by molar-refractivity contribution is -0.121. The van der Waals surface area contributed by atoms with Gasteiger partial charge in [-0.3, -0.25) is 4.79 Å². The Morgan fingerprint density at radius 1 is 1.21 bits per heavy atom. The second-order valence-corrected chi connectivity index (χ2v) is 6.09. The summed E-state index contributed by atoms with van der Waals surface area (Å²) in [5, 5.41) is 2.90. The molecule has 0 unspecified atom stereocenters. The Morgan fingerprint density at radius 2 is 2.00 bits per heavy atom. The van der Waals surface area contributed by atoms with Crippen LogP contribution in [0.4, 0.5) is 0 Å². The van der Waals surface area contributed by atoms with Crippen LogP contribution in [-0.4, -0.2) is 25.8 Å². The number of fused-ring (bicyclic) bond motifs is 1. The normalized spacial score (nSPS) is 10.9.